The lowest BCUT2D eigenvalue weighted by atomic mass is 10.5. The summed E-state index contributed by atoms with van der Waals surface area (Å²) >= 11 is 5.02. The van der Waals surface area contributed by atoms with E-state index in [1.165, 1.54) is 11.8 Å². The van der Waals surface area contributed by atoms with E-state index in [-0.39, 0.29) is 11.7 Å². The van der Waals surface area contributed by atoms with Gasteiger partial charge in [-0.15, -0.1) is 23.5 Å². The molecule has 70 valence electrons. The minimum absolute atomic E-state index is 0.184. The van der Waals surface area contributed by atoms with Gasteiger partial charge >= 0.3 is 0 Å². The van der Waals surface area contributed by atoms with E-state index < -0.39 is 0 Å². The zero-order valence-corrected chi connectivity index (χ0v) is 9.31. The minimum atomic E-state index is 0.184. The maximum absolute atomic E-state index is 10.6. The van der Waals surface area contributed by atoms with Crippen molar-refractivity contribution in [3.8, 4) is 0 Å². The van der Waals surface area contributed by atoms with E-state index >= 15 is 0 Å². The van der Waals surface area contributed by atoms with Crippen molar-refractivity contribution in [1.82, 2.24) is 0 Å². The molecule has 0 saturated carbocycles. The Morgan fingerprint density at radius 3 is 3.00 bits per heavy atom. The highest BCUT2D eigenvalue weighted by molar-refractivity contribution is 8.22. The maximum atomic E-state index is 10.6. The number of hydrogen-bond acceptors (Lipinski definition) is 5. The molecule has 1 saturated heterocycles. The van der Waals surface area contributed by atoms with Crippen LogP contribution in [-0.2, 0) is 4.79 Å². The molecular weight excluding hydrogens is 212 g/mol. The molecule has 12 heavy (non-hydrogen) atoms. The van der Waals surface area contributed by atoms with Crippen molar-refractivity contribution in [2.24, 2.45) is 0 Å². The average molecular weight is 224 g/mol. The van der Waals surface area contributed by atoms with Gasteiger partial charge in [-0.2, -0.15) is 0 Å². The van der Waals surface area contributed by atoms with Crippen molar-refractivity contribution in [3.63, 3.8) is 0 Å². The number of thioether (sulfide) groups is 3. The largest absolute Gasteiger partial charge is 0.395 e. The molecular formula is C7H12O2S3. The second kappa shape index (κ2) is 5.42. The summed E-state index contributed by atoms with van der Waals surface area (Å²) in [6.07, 6.45) is 0. The van der Waals surface area contributed by atoms with Crippen LogP contribution in [0.3, 0.4) is 0 Å². The Kier molecular flexibility index (Phi) is 4.86. The van der Waals surface area contributed by atoms with Gasteiger partial charge in [0, 0.05) is 23.7 Å². The minimum Gasteiger partial charge on any atom is -0.395 e. The van der Waals surface area contributed by atoms with Crippen molar-refractivity contribution >= 4 is 40.4 Å². The molecule has 0 radical (unpaired) electrons. The smallest absolute Gasteiger partial charge is 0.185 e. The zero-order chi connectivity index (χ0) is 8.97. The van der Waals surface area contributed by atoms with Gasteiger partial charge in [-0.25, -0.2) is 0 Å². The van der Waals surface area contributed by atoms with Crippen LogP contribution in [0.15, 0.2) is 0 Å². The quantitative estimate of drug-likeness (QED) is 0.785. The first kappa shape index (κ1) is 10.8. The predicted molar refractivity (Wildman–Crippen MR) is 57.8 cm³/mol. The zero-order valence-electron chi connectivity index (χ0n) is 6.86. The van der Waals surface area contributed by atoms with Crippen LogP contribution in [0.5, 0.6) is 0 Å². The van der Waals surface area contributed by atoms with Crippen LogP contribution in [-0.4, -0.2) is 38.2 Å². The average Bonchev–Trinajstić information content (AvgIpc) is 2.48. The molecule has 1 aliphatic rings. The maximum Gasteiger partial charge on any atom is 0.185 e. The fourth-order valence-corrected chi connectivity index (χ4v) is 4.98. The first-order chi connectivity index (χ1) is 5.72. The lowest BCUT2D eigenvalue weighted by Crippen LogP contribution is -2.07. The number of carbonyl (C=O) groups is 1. The van der Waals surface area contributed by atoms with Gasteiger partial charge in [0.05, 0.1) is 11.2 Å². The number of aliphatic hydroxyl groups excluding tert-OH is 1. The van der Waals surface area contributed by atoms with E-state index in [4.69, 9.17) is 5.11 Å². The van der Waals surface area contributed by atoms with Crippen LogP contribution in [0.4, 0.5) is 0 Å². The third-order valence-corrected chi connectivity index (χ3v) is 6.02. The van der Waals surface area contributed by atoms with Gasteiger partial charge in [0.15, 0.2) is 5.12 Å². The fourth-order valence-electron chi connectivity index (χ4n) is 0.876. The first-order valence-electron chi connectivity index (χ1n) is 3.73. The van der Waals surface area contributed by atoms with Gasteiger partial charge < -0.3 is 5.11 Å². The van der Waals surface area contributed by atoms with Gasteiger partial charge in [0.1, 0.15) is 0 Å². The highest BCUT2D eigenvalue weighted by Gasteiger charge is 2.25. The molecule has 1 heterocycles. The molecule has 1 fully saturated rings. The third-order valence-electron chi connectivity index (χ3n) is 1.44. The highest BCUT2D eigenvalue weighted by atomic mass is 32.2. The van der Waals surface area contributed by atoms with Crippen LogP contribution in [0, 0.1) is 0 Å². The van der Waals surface area contributed by atoms with Crippen molar-refractivity contribution in [2.45, 2.75) is 16.8 Å². The van der Waals surface area contributed by atoms with Crippen LogP contribution >= 0.6 is 35.3 Å². The van der Waals surface area contributed by atoms with E-state index in [2.05, 4.69) is 0 Å². The Balaban J connectivity index is 2.15. The normalized spacial score (nSPS) is 29.2. The molecule has 0 bridgehead atoms. The molecule has 2 nitrogen and oxygen atoms in total. The van der Waals surface area contributed by atoms with E-state index in [0.29, 0.717) is 9.83 Å². The number of hydrogen-bond donors (Lipinski definition) is 1. The Labute approximate surface area is 85.2 Å². The van der Waals surface area contributed by atoms with Crippen LogP contribution in [0.25, 0.3) is 0 Å². The molecule has 2 unspecified atom stereocenters. The molecule has 1 aliphatic heterocycles. The van der Waals surface area contributed by atoms with Crippen molar-refractivity contribution in [3.05, 3.63) is 0 Å². The van der Waals surface area contributed by atoms with Crippen LogP contribution in [0.2, 0.25) is 0 Å². The molecule has 0 aromatic heterocycles. The molecule has 2 atom stereocenters. The topological polar surface area (TPSA) is 37.3 Å². The van der Waals surface area contributed by atoms with E-state index in [1.807, 2.05) is 11.8 Å². The molecule has 5 heteroatoms. The van der Waals surface area contributed by atoms with Gasteiger partial charge in [-0.1, -0.05) is 11.8 Å². The highest BCUT2D eigenvalue weighted by Crippen LogP contribution is 2.39. The Hall–Kier alpha value is 0.680. The van der Waals surface area contributed by atoms with E-state index in [1.54, 1.807) is 18.7 Å². The SMILES string of the molecule is CC(=O)SCC1SCC(CO)S1. The van der Waals surface area contributed by atoms with E-state index in [0.717, 1.165) is 11.5 Å². The Morgan fingerprint density at radius 2 is 2.50 bits per heavy atom. The van der Waals surface area contributed by atoms with Gasteiger partial charge in [0.25, 0.3) is 0 Å². The Morgan fingerprint density at radius 1 is 1.75 bits per heavy atom. The summed E-state index contributed by atoms with van der Waals surface area (Å²) < 4.78 is 0.496. The summed E-state index contributed by atoms with van der Waals surface area (Å²) in [5.74, 6) is 1.89. The van der Waals surface area contributed by atoms with Gasteiger partial charge in [-0.3, -0.25) is 4.79 Å². The second-order valence-corrected chi connectivity index (χ2v) is 6.75. The standard InChI is InChI=1S/C7H12O2S3/c1-5(9)10-4-7-11-3-6(2-8)12-7/h6-8H,2-4H2,1H3. The molecule has 0 aliphatic carbocycles. The lowest BCUT2D eigenvalue weighted by molar-refractivity contribution is -0.109. The summed E-state index contributed by atoms with van der Waals surface area (Å²) in [6.45, 7) is 1.86. The number of rotatable bonds is 3. The second-order valence-electron chi connectivity index (χ2n) is 2.51. The summed E-state index contributed by atoms with van der Waals surface area (Å²) in [5, 5.41) is 9.42. The lowest BCUT2D eigenvalue weighted by Gasteiger charge is -2.06. The van der Waals surface area contributed by atoms with Crippen molar-refractivity contribution in [2.75, 3.05) is 18.1 Å². The van der Waals surface area contributed by atoms with Gasteiger partial charge in [0.2, 0.25) is 0 Å². The van der Waals surface area contributed by atoms with Crippen LogP contribution in [0.1, 0.15) is 6.92 Å². The molecule has 0 spiro atoms. The predicted octanol–water partition coefficient (Wildman–Crippen LogP) is 1.43. The monoisotopic (exact) mass is 224 g/mol. The summed E-state index contributed by atoms with van der Waals surface area (Å²) in [7, 11) is 0. The Bertz CT molecular complexity index is 163. The molecule has 0 aromatic carbocycles. The number of carbonyl (C=O) groups excluding carboxylic acids is 1. The van der Waals surface area contributed by atoms with E-state index in [9.17, 15) is 4.79 Å². The van der Waals surface area contributed by atoms with Gasteiger partial charge in [-0.05, 0) is 0 Å². The molecule has 1 rings (SSSR count). The summed E-state index contributed by atoms with van der Waals surface area (Å²) in [6, 6.07) is 0. The van der Waals surface area contributed by atoms with Crippen LogP contribution < -0.4 is 0 Å². The first-order valence-corrected chi connectivity index (χ1v) is 6.71. The third kappa shape index (κ3) is 3.60. The molecule has 1 N–H and O–H groups in total. The van der Waals surface area contributed by atoms with Crippen molar-refractivity contribution < 1.29 is 9.90 Å². The fraction of sp³-hybridized carbons (Fsp3) is 0.857. The molecule has 0 amide bonds. The van der Waals surface area contributed by atoms with Crippen molar-refractivity contribution in [1.29, 1.82) is 0 Å². The number of aliphatic hydroxyl groups is 1. The summed E-state index contributed by atoms with van der Waals surface area (Å²) in [5.41, 5.74) is 0. The molecule has 0 aromatic rings. The summed E-state index contributed by atoms with van der Waals surface area (Å²) in [4.78, 5) is 10.6.